The highest BCUT2D eigenvalue weighted by molar-refractivity contribution is 5.95. The third-order valence-corrected chi connectivity index (χ3v) is 20.5. The van der Waals surface area contributed by atoms with Crippen molar-refractivity contribution in [2.24, 2.45) is 22.7 Å². The van der Waals surface area contributed by atoms with Gasteiger partial charge in [-0.15, -0.1) is 0 Å². The van der Waals surface area contributed by atoms with Crippen molar-refractivity contribution >= 4 is 46.0 Å². The number of ether oxygens (including phenoxy) is 3. The van der Waals surface area contributed by atoms with Gasteiger partial charge >= 0.3 is 12.1 Å². The fraction of sp³-hybridized carbons (Fsp3) is 0.730. The molecule has 3 amide bonds. The number of likely N-dealkylation sites (N-methyl/N-ethyl adjacent to an activating group) is 1. The molecule has 6 saturated heterocycles. The summed E-state index contributed by atoms with van der Waals surface area (Å²) in [5, 5.41) is 5.34. The van der Waals surface area contributed by atoms with Crippen LogP contribution in [-0.4, -0.2) is 206 Å². The molecule has 18 nitrogen and oxygen atoms in total. The van der Waals surface area contributed by atoms with Gasteiger partial charge in [0.15, 0.2) is 0 Å². The Balaban J connectivity index is 0.821. The molecular formula is C63H88F3N11O7. The number of carbonyl (C=O) groups is 4. The number of fused-ring (bicyclic) bond motifs is 6. The summed E-state index contributed by atoms with van der Waals surface area (Å²) in [6, 6.07) is 4.40. The molecule has 0 radical (unpaired) electrons. The highest BCUT2D eigenvalue weighted by Crippen LogP contribution is 2.49. The number of hydrogen-bond donors (Lipinski definition) is 2. The lowest BCUT2D eigenvalue weighted by Crippen LogP contribution is -2.62. The number of aromatic nitrogens is 2. The van der Waals surface area contributed by atoms with Gasteiger partial charge in [0, 0.05) is 130 Å². The number of amides is 3. The Morgan fingerprint density at radius 2 is 1.71 bits per heavy atom. The Labute approximate surface area is 497 Å². The Bertz CT molecular complexity index is 3160. The van der Waals surface area contributed by atoms with Crippen LogP contribution in [0.1, 0.15) is 127 Å². The number of morpholine rings is 1. The summed E-state index contributed by atoms with van der Waals surface area (Å²) in [4.78, 5) is 76.4. The van der Waals surface area contributed by atoms with Crippen molar-refractivity contribution in [3.05, 3.63) is 41.7 Å². The summed E-state index contributed by atoms with van der Waals surface area (Å²) < 4.78 is 99.0. The van der Waals surface area contributed by atoms with E-state index in [1.807, 2.05) is 36.9 Å². The molecule has 10 aliphatic rings. The lowest BCUT2D eigenvalue weighted by Gasteiger charge is -2.39. The second kappa shape index (κ2) is 22.9. The SMILES string of the molecule is [2H]C1([2H])C(N2CCN(c3cnc([C@H](C)OC)c(-c4c5c6cc(ccc6n4CC(F)(F)F)N4CCO[C@@H](C[C@H](NC(=O)[C@H](C6CCCC6)N6CC[C@]7(CCN(C(=O)[C@H]8[C@@H](C9CC9)N8C)C7)C6)C(=O)N6CCC[C@H](N6)C(=O)OCC(C)(C)C5)C4)c3)CC2)C1([2H])[2H]. The van der Waals surface area contributed by atoms with Crippen LogP contribution in [0.5, 0.6) is 0 Å². The van der Waals surface area contributed by atoms with Crippen molar-refractivity contribution in [2.75, 3.05) is 109 Å². The second-order valence-electron chi connectivity index (χ2n) is 27.1. The number of esters is 1. The number of methoxy groups -OCH3 is 1. The maximum absolute atomic E-state index is 15.4. The number of nitrogens with zero attached hydrogens (tertiary/aromatic N) is 9. The number of nitrogens with one attached hydrogen (secondary N) is 2. The first-order valence-electron chi connectivity index (χ1n) is 33.2. The molecule has 84 heavy (non-hydrogen) atoms. The zero-order chi connectivity index (χ0) is 62.0. The number of benzene rings is 1. The number of halogens is 3. The van der Waals surface area contributed by atoms with Crippen LogP contribution >= 0.6 is 0 Å². The number of likely N-dealkylation sites (tertiary alicyclic amines) is 2. The Hall–Kier alpha value is -5.06. The van der Waals surface area contributed by atoms with Crippen LogP contribution in [0.4, 0.5) is 24.5 Å². The summed E-state index contributed by atoms with van der Waals surface area (Å²) in [5.74, 6) is -0.211. The van der Waals surface area contributed by atoms with E-state index in [1.54, 1.807) is 19.2 Å². The number of rotatable bonds is 12. The number of hydrogen-bond acceptors (Lipinski definition) is 14. The fourth-order valence-corrected chi connectivity index (χ4v) is 15.7. The van der Waals surface area contributed by atoms with Crippen molar-refractivity contribution < 1.29 is 52.0 Å². The minimum atomic E-state index is -4.66. The zero-order valence-electron chi connectivity index (χ0n) is 53.6. The second-order valence-corrected chi connectivity index (χ2v) is 27.1. The molecule has 7 aliphatic heterocycles. The average molecular weight is 1170 g/mol. The third kappa shape index (κ3) is 11.8. The smallest absolute Gasteiger partial charge is 0.406 e. The molecule has 9 fully saturated rings. The first kappa shape index (κ1) is 53.2. The summed E-state index contributed by atoms with van der Waals surface area (Å²) in [6.45, 7) is 9.89. The minimum absolute atomic E-state index is 0.0264. The van der Waals surface area contributed by atoms with E-state index in [1.165, 1.54) is 29.5 Å². The number of pyridine rings is 1. The molecule has 9 atom stereocenters. The van der Waals surface area contributed by atoms with Crippen LogP contribution < -0.4 is 20.5 Å². The van der Waals surface area contributed by atoms with Crippen LogP contribution in [0.2, 0.25) is 0 Å². The molecule has 13 rings (SSSR count). The zero-order valence-corrected chi connectivity index (χ0v) is 49.6. The van der Waals surface area contributed by atoms with Gasteiger partial charge in [0.25, 0.3) is 5.91 Å². The van der Waals surface area contributed by atoms with Crippen molar-refractivity contribution in [1.82, 2.24) is 44.9 Å². The highest BCUT2D eigenvalue weighted by Gasteiger charge is 2.59. The standard InChI is InChI=1S/C63H88F3N11O7/c1-39(82-5)52-47(30-44(33-67-52)72-25-23-71(24-26-72)42-14-15-42)55-48-32-61(2,3)38-84-60(81)49-11-8-20-77(69-49)58(79)50(31-45-34-73(27-28-83-45)43-16-17-51(46(48)29-43)76(55)37-63(64,65)66)68-57(78)54(40-9-6-7-10-40)74-21-18-62(35-74)19-22-75(36-62)59(80)56-53(70(56)4)41-12-13-41/h16-17,29-30,33,39-42,45,49-50,53-54,56,69H,6-15,18-28,31-32,34-38H2,1-5H3,(H,68,78)/t39-,45-,49-,50-,53+,54-,56+,62-,70?/m0/s1/i14D2,15D2. The van der Waals surface area contributed by atoms with Crippen molar-refractivity contribution in [3.63, 3.8) is 0 Å². The summed E-state index contributed by atoms with van der Waals surface area (Å²) in [5.41, 5.74) is 5.69. The first-order chi connectivity index (χ1) is 41.8. The highest BCUT2D eigenvalue weighted by atomic mass is 19.4. The van der Waals surface area contributed by atoms with E-state index < -0.39 is 73.2 Å². The van der Waals surface area contributed by atoms with E-state index in [9.17, 15) is 9.59 Å². The summed E-state index contributed by atoms with van der Waals surface area (Å²) in [6.07, 6.45) is 0.971. The number of piperazine rings is 1. The molecule has 21 heteroatoms. The Kier molecular flexibility index (Phi) is 14.5. The molecule has 1 spiro atoms. The topological polar surface area (TPSA) is 160 Å². The van der Waals surface area contributed by atoms with E-state index in [0.717, 1.165) is 50.8 Å². The van der Waals surface area contributed by atoms with E-state index in [-0.39, 0.29) is 61.2 Å². The first-order valence-corrected chi connectivity index (χ1v) is 31.2. The normalized spacial score (nSPS) is 32.9. The Morgan fingerprint density at radius 3 is 2.45 bits per heavy atom. The maximum atomic E-state index is 15.4. The maximum Gasteiger partial charge on any atom is 0.406 e. The summed E-state index contributed by atoms with van der Waals surface area (Å²) >= 11 is 0. The Morgan fingerprint density at radius 1 is 0.940 bits per heavy atom. The monoisotopic (exact) mass is 1170 g/mol. The lowest BCUT2D eigenvalue weighted by atomic mass is 9.84. The molecule has 2 aromatic heterocycles. The van der Waals surface area contributed by atoms with Gasteiger partial charge in [-0.1, -0.05) is 26.7 Å². The molecule has 9 heterocycles. The van der Waals surface area contributed by atoms with Gasteiger partial charge in [-0.05, 0) is 133 Å². The predicted molar refractivity (Wildman–Crippen MR) is 312 cm³/mol. The van der Waals surface area contributed by atoms with Gasteiger partial charge in [-0.3, -0.25) is 43.9 Å². The van der Waals surface area contributed by atoms with Gasteiger partial charge < -0.3 is 38.8 Å². The van der Waals surface area contributed by atoms with E-state index in [0.29, 0.717) is 129 Å². The van der Waals surface area contributed by atoms with Crippen molar-refractivity contribution in [1.29, 1.82) is 0 Å². The quantitative estimate of drug-likeness (QED) is 0.149. The molecule has 3 saturated carbocycles. The predicted octanol–water partition coefficient (Wildman–Crippen LogP) is 6.53. The molecule has 2 N–H and O–H groups in total. The van der Waals surface area contributed by atoms with Gasteiger partial charge in [0.1, 0.15) is 24.7 Å². The van der Waals surface area contributed by atoms with Gasteiger partial charge in [-0.2, -0.15) is 13.2 Å². The summed E-state index contributed by atoms with van der Waals surface area (Å²) in [7, 11) is 3.59. The molecule has 6 bridgehead atoms. The van der Waals surface area contributed by atoms with Crippen LogP contribution in [0.15, 0.2) is 30.5 Å². The number of anilines is 2. The van der Waals surface area contributed by atoms with Gasteiger partial charge in [-0.25, -0.2) is 5.43 Å². The van der Waals surface area contributed by atoms with E-state index in [2.05, 4.69) is 42.3 Å². The van der Waals surface area contributed by atoms with E-state index >= 15 is 22.8 Å². The number of hydrazine groups is 1. The average Bonchev–Trinajstić information content (AvgIpc) is 1.91. The van der Waals surface area contributed by atoms with Crippen LogP contribution in [-0.2, 0) is 46.4 Å². The number of carbonyl (C=O) groups excluding carboxylic acids is 4. The van der Waals surface area contributed by atoms with Crippen molar-refractivity contribution in [3.8, 4) is 11.3 Å². The number of alkyl halides is 3. The molecule has 1 unspecified atom stereocenters. The van der Waals surface area contributed by atoms with Gasteiger partial charge in [0.05, 0.1) is 54.7 Å². The van der Waals surface area contributed by atoms with E-state index in [4.69, 9.17) is 24.7 Å². The largest absolute Gasteiger partial charge is 0.464 e. The van der Waals surface area contributed by atoms with Gasteiger partial charge in [0.2, 0.25) is 11.8 Å². The molecule has 3 aromatic rings. The minimum Gasteiger partial charge on any atom is -0.464 e. The molecule has 458 valence electrons. The third-order valence-electron chi connectivity index (χ3n) is 20.5. The molecule has 3 aliphatic carbocycles. The fourth-order valence-electron chi connectivity index (χ4n) is 15.7. The lowest BCUT2D eigenvalue weighted by molar-refractivity contribution is -0.156. The molecule has 1 aromatic carbocycles. The molecular weight excluding hydrogens is 1080 g/mol. The van der Waals surface area contributed by atoms with Crippen LogP contribution in [0.3, 0.4) is 0 Å². The van der Waals surface area contributed by atoms with Crippen LogP contribution in [0.25, 0.3) is 22.2 Å². The number of cyclic esters (lactones) is 1. The van der Waals surface area contributed by atoms with Crippen LogP contribution in [0, 0.1) is 22.7 Å². The van der Waals surface area contributed by atoms with Crippen molar-refractivity contribution in [2.45, 2.75) is 172 Å².